The molecule has 0 bridgehead atoms. The molecule has 6 heteroatoms. The lowest BCUT2D eigenvalue weighted by Gasteiger charge is -2.09. The van der Waals surface area contributed by atoms with Crippen molar-refractivity contribution in [3.63, 3.8) is 0 Å². The maximum atomic E-state index is 10.8. The summed E-state index contributed by atoms with van der Waals surface area (Å²) in [7, 11) is 0. The van der Waals surface area contributed by atoms with Crippen molar-refractivity contribution in [1.82, 2.24) is 14.8 Å². The third-order valence-corrected chi connectivity index (χ3v) is 2.45. The van der Waals surface area contributed by atoms with Crippen LogP contribution in [-0.4, -0.2) is 32.4 Å². The number of primary amides is 1. The number of aliphatic hydroxyl groups is 1. The van der Waals surface area contributed by atoms with Crippen molar-refractivity contribution in [2.45, 2.75) is 12.5 Å². The molecule has 2 rings (SSSR count). The molecule has 0 saturated carbocycles. The van der Waals surface area contributed by atoms with Crippen LogP contribution in [0.4, 0.5) is 0 Å². The second-order valence-corrected chi connectivity index (χ2v) is 3.54. The first-order valence-electron chi connectivity index (χ1n) is 4.71. The van der Waals surface area contributed by atoms with Crippen LogP contribution in [0.3, 0.4) is 0 Å². The Morgan fingerprint density at radius 3 is 3.00 bits per heavy atom. The molecule has 1 aromatic rings. The zero-order valence-corrected chi connectivity index (χ0v) is 8.08. The van der Waals surface area contributed by atoms with E-state index < -0.39 is 5.91 Å². The summed E-state index contributed by atoms with van der Waals surface area (Å²) < 4.78 is 1.59. The van der Waals surface area contributed by atoms with E-state index in [2.05, 4.69) is 10.1 Å². The van der Waals surface area contributed by atoms with E-state index in [-0.39, 0.29) is 24.4 Å². The Kier molecular flexibility index (Phi) is 2.51. The normalized spacial score (nSPS) is 24.6. The van der Waals surface area contributed by atoms with Gasteiger partial charge in [-0.1, -0.05) is 12.2 Å². The van der Waals surface area contributed by atoms with Gasteiger partial charge in [0, 0.05) is 12.5 Å². The zero-order chi connectivity index (χ0) is 10.8. The predicted octanol–water partition coefficient (Wildman–Crippen LogP) is -0.514. The molecule has 0 aromatic carbocycles. The van der Waals surface area contributed by atoms with Crippen molar-refractivity contribution < 1.29 is 9.90 Å². The first-order chi connectivity index (χ1) is 7.20. The number of allylic oxidation sites excluding steroid dienone is 1. The van der Waals surface area contributed by atoms with Gasteiger partial charge in [0.15, 0.2) is 0 Å². The Labute approximate surface area is 86.4 Å². The highest BCUT2D eigenvalue weighted by molar-refractivity contribution is 5.88. The van der Waals surface area contributed by atoms with Gasteiger partial charge in [-0.2, -0.15) is 0 Å². The van der Waals surface area contributed by atoms with Crippen LogP contribution in [0.1, 0.15) is 23.1 Å². The molecular formula is C9H12N4O2. The van der Waals surface area contributed by atoms with E-state index in [4.69, 9.17) is 10.8 Å². The molecule has 0 radical (unpaired) electrons. The standard InChI is InChI=1S/C9H12N4O2/c10-8(15)9-11-5-13(12-9)7-2-1-6(3-7)4-14/h1-2,5-7,14H,3-4H2,(H2,10,15)/t6-,7+/m0/s1. The summed E-state index contributed by atoms with van der Waals surface area (Å²) in [4.78, 5) is 14.6. The van der Waals surface area contributed by atoms with Crippen LogP contribution in [-0.2, 0) is 0 Å². The quantitative estimate of drug-likeness (QED) is 0.654. The smallest absolute Gasteiger partial charge is 0.288 e. The zero-order valence-electron chi connectivity index (χ0n) is 8.08. The summed E-state index contributed by atoms with van der Waals surface area (Å²) in [6, 6.07) is 0.0581. The van der Waals surface area contributed by atoms with Gasteiger partial charge in [0.2, 0.25) is 5.82 Å². The Hall–Kier alpha value is -1.69. The van der Waals surface area contributed by atoms with Crippen molar-refractivity contribution >= 4 is 5.91 Å². The number of rotatable bonds is 3. The van der Waals surface area contributed by atoms with E-state index in [1.54, 1.807) is 4.68 Å². The topological polar surface area (TPSA) is 94.0 Å². The molecule has 15 heavy (non-hydrogen) atoms. The van der Waals surface area contributed by atoms with Crippen molar-refractivity contribution in [3.8, 4) is 0 Å². The molecule has 1 amide bonds. The minimum Gasteiger partial charge on any atom is -0.396 e. The fraction of sp³-hybridized carbons (Fsp3) is 0.444. The average Bonchev–Trinajstić information content (AvgIpc) is 2.86. The number of aromatic nitrogens is 3. The van der Waals surface area contributed by atoms with Crippen LogP contribution in [0.5, 0.6) is 0 Å². The highest BCUT2D eigenvalue weighted by atomic mass is 16.3. The third kappa shape index (κ3) is 1.89. The molecule has 0 saturated heterocycles. The highest BCUT2D eigenvalue weighted by Gasteiger charge is 2.21. The van der Waals surface area contributed by atoms with Crippen molar-refractivity contribution in [2.24, 2.45) is 11.7 Å². The number of amides is 1. The number of nitrogens with zero attached hydrogens (tertiary/aromatic N) is 3. The van der Waals surface area contributed by atoms with Crippen molar-refractivity contribution in [3.05, 3.63) is 24.3 Å². The number of carbonyl (C=O) groups is 1. The van der Waals surface area contributed by atoms with Gasteiger partial charge in [-0.15, -0.1) is 5.10 Å². The van der Waals surface area contributed by atoms with E-state index in [0.717, 1.165) is 6.42 Å². The maximum Gasteiger partial charge on any atom is 0.288 e. The molecule has 3 N–H and O–H groups in total. The van der Waals surface area contributed by atoms with Crippen LogP contribution < -0.4 is 5.73 Å². The third-order valence-electron chi connectivity index (χ3n) is 2.45. The van der Waals surface area contributed by atoms with Gasteiger partial charge in [-0.25, -0.2) is 9.67 Å². The lowest BCUT2D eigenvalue weighted by Crippen LogP contribution is -2.15. The second-order valence-electron chi connectivity index (χ2n) is 3.54. The molecule has 1 aromatic heterocycles. The van der Waals surface area contributed by atoms with Gasteiger partial charge in [-0.3, -0.25) is 4.79 Å². The lowest BCUT2D eigenvalue weighted by molar-refractivity contribution is 0.0990. The van der Waals surface area contributed by atoms with Gasteiger partial charge in [0.1, 0.15) is 6.33 Å². The number of hydrogen-bond donors (Lipinski definition) is 2. The number of aliphatic hydroxyl groups excluding tert-OH is 1. The number of carbonyl (C=O) groups excluding carboxylic acids is 1. The Balaban J connectivity index is 2.11. The molecule has 0 spiro atoms. The molecule has 80 valence electrons. The minimum absolute atomic E-state index is 0.0239. The summed E-state index contributed by atoms with van der Waals surface area (Å²) in [5, 5.41) is 12.9. The lowest BCUT2D eigenvalue weighted by atomic mass is 10.1. The van der Waals surface area contributed by atoms with Crippen LogP contribution in [0, 0.1) is 5.92 Å². The Morgan fingerprint density at radius 2 is 2.47 bits per heavy atom. The predicted molar refractivity (Wildman–Crippen MR) is 51.9 cm³/mol. The molecular weight excluding hydrogens is 196 g/mol. The monoisotopic (exact) mass is 208 g/mol. The SMILES string of the molecule is NC(=O)c1ncn([C@@H]2C=C[C@H](CO)C2)n1. The van der Waals surface area contributed by atoms with Crippen LogP contribution >= 0.6 is 0 Å². The second kappa shape index (κ2) is 3.82. The molecule has 0 fully saturated rings. The molecule has 0 aliphatic heterocycles. The molecule has 1 heterocycles. The fourth-order valence-corrected chi connectivity index (χ4v) is 1.63. The average molecular weight is 208 g/mol. The summed E-state index contributed by atoms with van der Waals surface area (Å²) in [6.07, 6.45) is 6.14. The summed E-state index contributed by atoms with van der Waals surface area (Å²) in [6.45, 7) is 0.129. The summed E-state index contributed by atoms with van der Waals surface area (Å²) in [5.74, 6) is -0.443. The molecule has 1 aliphatic rings. The van der Waals surface area contributed by atoms with E-state index in [9.17, 15) is 4.79 Å². The first-order valence-corrected chi connectivity index (χ1v) is 4.71. The number of nitrogens with two attached hydrogens (primary N) is 1. The highest BCUT2D eigenvalue weighted by Crippen LogP contribution is 2.26. The van der Waals surface area contributed by atoms with E-state index >= 15 is 0 Å². The van der Waals surface area contributed by atoms with Crippen LogP contribution in [0.25, 0.3) is 0 Å². The Morgan fingerprint density at radius 1 is 1.67 bits per heavy atom. The molecule has 1 aliphatic carbocycles. The summed E-state index contributed by atoms with van der Waals surface area (Å²) >= 11 is 0. The van der Waals surface area contributed by atoms with Gasteiger partial charge >= 0.3 is 0 Å². The van der Waals surface area contributed by atoms with Gasteiger partial charge < -0.3 is 10.8 Å². The van der Waals surface area contributed by atoms with Gasteiger partial charge in [0.05, 0.1) is 6.04 Å². The van der Waals surface area contributed by atoms with E-state index in [0.29, 0.717) is 0 Å². The summed E-state index contributed by atoms with van der Waals surface area (Å²) in [5.41, 5.74) is 5.04. The van der Waals surface area contributed by atoms with Crippen molar-refractivity contribution in [1.29, 1.82) is 0 Å². The van der Waals surface area contributed by atoms with Crippen LogP contribution in [0.15, 0.2) is 18.5 Å². The largest absolute Gasteiger partial charge is 0.396 e. The molecule has 6 nitrogen and oxygen atoms in total. The van der Waals surface area contributed by atoms with Crippen molar-refractivity contribution in [2.75, 3.05) is 6.61 Å². The van der Waals surface area contributed by atoms with Gasteiger partial charge in [0.25, 0.3) is 5.91 Å². The number of hydrogen-bond acceptors (Lipinski definition) is 4. The van der Waals surface area contributed by atoms with Gasteiger partial charge in [-0.05, 0) is 6.42 Å². The van der Waals surface area contributed by atoms with E-state index in [1.165, 1.54) is 6.33 Å². The molecule has 0 unspecified atom stereocenters. The minimum atomic E-state index is -0.630. The first kappa shape index (κ1) is 9.85. The maximum absolute atomic E-state index is 10.8. The fourth-order valence-electron chi connectivity index (χ4n) is 1.63. The van der Waals surface area contributed by atoms with E-state index in [1.807, 2.05) is 12.2 Å². The Bertz CT molecular complexity index is 399. The molecule has 2 atom stereocenters. The van der Waals surface area contributed by atoms with Crippen LogP contribution in [0.2, 0.25) is 0 Å².